The van der Waals surface area contributed by atoms with Crippen LogP contribution in [0.1, 0.15) is 18.7 Å². The lowest BCUT2D eigenvalue weighted by molar-refractivity contribution is -0.886. The average Bonchev–Trinajstić information content (AvgIpc) is 3.31. The summed E-state index contributed by atoms with van der Waals surface area (Å²) >= 11 is 7.40. The second kappa shape index (κ2) is 7.42. The van der Waals surface area contributed by atoms with Crippen molar-refractivity contribution in [1.29, 1.82) is 0 Å². The highest BCUT2D eigenvalue weighted by atomic mass is 35.5. The first-order valence-corrected chi connectivity index (χ1v) is 10.1. The summed E-state index contributed by atoms with van der Waals surface area (Å²) < 4.78 is 0. The van der Waals surface area contributed by atoms with Gasteiger partial charge in [-0.3, -0.25) is 9.59 Å². The normalized spacial score (nSPS) is 15.0. The van der Waals surface area contributed by atoms with Crippen LogP contribution in [0.3, 0.4) is 0 Å². The van der Waals surface area contributed by atoms with Crippen molar-refractivity contribution in [3.63, 3.8) is 0 Å². The lowest BCUT2D eigenvalue weighted by Crippen LogP contribution is -3.09. The van der Waals surface area contributed by atoms with E-state index in [0.29, 0.717) is 40.2 Å². The Labute approximate surface area is 165 Å². The fourth-order valence-electron chi connectivity index (χ4n) is 3.05. The summed E-state index contributed by atoms with van der Waals surface area (Å²) in [6.45, 7) is 0.843. The molecule has 4 rings (SSSR count). The molecule has 0 bridgehead atoms. The molecular weight excluding hydrogens is 384 g/mol. The molecule has 0 radical (unpaired) electrons. The molecule has 0 spiro atoms. The minimum atomic E-state index is -0.156. The van der Waals surface area contributed by atoms with Gasteiger partial charge in [-0.2, -0.15) is 0 Å². The first-order chi connectivity index (χ1) is 13.0. The molecule has 1 fully saturated rings. The van der Waals surface area contributed by atoms with Crippen molar-refractivity contribution in [2.75, 3.05) is 13.6 Å². The average molecular weight is 404 g/mol. The third-order valence-electron chi connectivity index (χ3n) is 4.52. The van der Waals surface area contributed by atoms with E-state index in [2.05, 4.69) is 15.3 Å². The highest BCUT2D eigenvalue weighted by Crippen LogP contribution is 2.31. The Morgan fingerprint density at radius 2 is 2.11 bits per heavy atom. The van der Waals surface area contributed by atoms with Gasteiger partial charge in [-0.15, -0.1) is 11.3 Å². The largest absolute Gasteiger partial charge is 0.348 e. The highest BCUT2D eigenvalue weighted by Gasteiger charge is 2.24. The van der Waals surface area contributed by atoms with Gasteiger partial charge in [0.25, 0.3) is 11.5 Å². The third-order valence-corrected chi connectivity index (χ3v) is 5.65. The number of aromatic amines is 1. The standard InChI is InChI=1S/C19H19ClN4O2S/c1-24(9-16(25)21-13-6-7-13)8-15-22-18(26)17-14(10-27-19(17)23-15)11-2-4-12(20)5-3-11/h2-5,10,13H,6-9H2,1H3,(H,21,25)(H,22,23,26)/p+1. The molecule has 0 aliphatic heterocycles. The lowest BCUT2D eigenvalue weighted by atomic mass is 10.1. The summed E-state index contributed by atoms with van der Waals surface area (Å²) in [4.78, 5) is 33.8. The molecule has 1 aliphatic carbocycles. The van der Waals surface area contributed by atoms with Gasteiger partial charge in [-0.1, -0.05) is 23.7 Å². The number of aromatic nitrogens is 2. The van der Waals surface area contributed by atoms with Gasteiger partial charge in [-0.25, -0.2) is 4.98 Å². The van der Waals surface area contributed by atoms with E-state index < -0.39 is 0 Å². The molecule has 3 N–H and O–H groups in total. The third kappa shape index (κ3) is 4.21. The maximum atomic E-state index is 12.7. The van der Waals surface area contributed by atoms with Crippen LogP contribution in [0.25, 0.3) is 21.3 Å². The predicted molar refractivity (Wildman–Crippen MR) is 107 cm³/mol. The minimum absolute atomic E-state index is 0.0413. The number of benzene rings is 1. The number of hydrogen-bond acceptors (Lipinski definition) is 4. The molecule has 1 saturated carbocycles. The summed E-state index contributed by atoms with van der Waals surface area (Å²) in [5.74, 6) is 0.633. The number of likely N-dealkylation sites (N-methyl/N-ethyl adjacent to an activating group) is 1. The molecule has 2 aromatic heterocycles. The Bertz CT molecular complexity index is 1040. The number of quaternary nitrogens is 1. The Morgan fingerprint density at radius 3 is 2.81 bits per heavy atom. The van der Waals surface area contributed by atoms with E-state index in [1.165, 1.54) is 11.3 Å². The Kier molecular flexibility index (Phi) is 4.99. The monoisotopic (exact) mass is 403 g/mol. The van der Waals surface area contributed by atoms with Crippen LogP contribution >= 0.6 is 22.9 Å². The Balaban J connectivity index is 1.54. The fourth-order valence-corrected chi connectivity index (χ4v) is 4.14. The van der Waals surface area contributed by atoms with Gasteiger partial charge in [0, 0.05) is 22.0 Å². The molecule has 1 unspecified atom stereocenters. The molecule has 2 heterocycles. The molecular formula is C19H20ClN4O2S+. The smallest absolute Gasteiger partial charge is 0.275 e. The van der Waals surface area contributed by atoms with Crippen LogP contribution in [-0.4, -0.2) is 35.5 Å². The van der Waals surface area contributed by atoms with Crippen molar-refractivity contribution >= 4 is 39.1 Å². The number of fused-ring (bicyclic) bond motifs is 1. The zero-order chi connectivity index (χ0) is 19.0. The van der Waals surface area contributed by atoms with Crippen LogP contribution < -0.4 is 15.8 Å². The van der Waals surface area contributed by atoms with Gasteiger partial charge in [0.05, 0.1) is 12.4 Å². The van der Waals surface area contributed by atoms with E-state index in [0.717, 1.165) is 28.9 Å². The fraction of sp³-hybridized carbons (Fsp3) is 0.316. The summed E-state index contributed by atoms with van der Waals surface area (Å²) in [5.41, 5.74) is 1.64. The molecule has 8 heteroatoms. The zero-order valence-electron chi connectivity index (χ0n) is 14.8. The van der Waals surface area contributed by atoms with Gasteiger partial charge in [0.1, 0.15) is 11.4 Å². The second-order valence-electron chi connectivity index (χ2n) is 7.00. The lowest BCUT2D eigenvalue weighted by Gasteiger charge is -2.13. The van der Waals surface area contributed by atoms with E-state index in [-0.39, 0.29) is 11.5 Å². The minimum Gasteiger partial charge on any atom is -0.348 e. The molecule has 3 aromatic rings. The van der Waals surface area contributed by atoms with Gasteiger partial charge in [0.15, 0.2) is 12.4 Å². The van der Waals surface area contributed by atoms with Crippen molar-refractivity contribution in [3.8, 4) is 11.1 Å². The molecule has 6 nitrogen and oxygen atoms in total. The number of rotatable bonds is 6. The molecule has 0 saturated heterocycles. The SMILES string of the molecule is C[NH+](CC(=O)NC1CC1)Cc1nc2scc(-c3ccc(Cl)cc3)c2c(=O)[nH]1. The number of amides is 1. The van der Waals surface area contributed by atoms with Crippen LogP contribution in [0.4, 0.5) is 0 Å². The Morgan fingerprint density at radius 1 is 1.37 bits per heavy atom. The number of nitrogens with zero attached hydrogens (tertiary/aromatic N) is 1. The van der Waals surface area contributed by atoms with E-state index in [1.807, 2.05) is 24.6 Å². The number of carbonyl (C=O) groups excluding carboxylic acids is 1. The second-order valence-corrected chi connectivity index (χ2v) is 8.30. The first-order valence-electron chi connectivity index (χ1n) is 8.86. The van der Waals surface area contributed by atoms with Crippen LogP contribution in [0.2, 0.25) is 5.02 Å². The highest BCUT2D eigenvalue weighted by molar-refractivity contribution is 7.17. The van der Waals surface area contributed by atoms with Crippen LogP contribution in [0, 0.1) is 0 Å². The Hall–Kier alpha value is -2.22. The van der Waals surface area contributed by atoms with E-state index in [4.69, 9.17) is 11.6 Å². The van der Waals surface area contributed by atoms with E-state index in [1.54, 1.807) is 12.1 Å². The summed E-state index contributed by atoms with van der Waals surface area (Å²) in [7, 11) is 1.92. The van der Waals surface area contributed by atoms with Crippen molar-refractivity contribution in [1.82, 2.24) is 15.3 Å². The van der Waals surface area contributed by atoms with Crippen LogP contribution in [0.5, 0.6) is 0 Å². The van der Waals surface area contributed by atoms with E-state index in [9.17, 15) is 9.59 Å². The van der Waals surface area contributed by atoms with E-state index >= 15 is 0 Å². The molecule has 1 atom stereocenters. The number of carbonyl (C=O) groups is 1. The van der Waals surface area contributed by atoms with Crippen LogP contribution in [-0.2, 0) is 11.3 Å². The molecule has 27 heavy (non-hydrogen) atoms. The predicted octanol–water partition coefficient (Wildman–Crippen LogP) is 1.60. The van der Waals surface area contributed by atoms with Crippen molar-refractivity contribution in [3.05, 3.63) is 50.8 Å². The number of H-pyrrole nitrogens is 1. The maximum absolute atomic E-state index is 12.7. The zero-order valence-corrected chi connectivity index (χ0v) is 16.4. The number of hydrogen-bond donors (Lipinski definition) is 3. The maximum Gasteiger partial charge on any atom is 0.275 e. The van der Waals surface area contributed by atoms with Gasteiger partial charge < -0.3 is 15.2 Å². The molecule has 1 aromatic carbocycles. The topological polar surface area (TPSA) is 79.3 Å². The van der Waals surface area contributed by atoms with Gasteiger partial charge in [-0.05, 0) is 30.5 Å². The summed E-state index contributed by atoms with van der Waals surface area (Å²) in [6, 6.07) is 7.77. The first kappa shape index (κ1) is 18.2. The summed E-state index contributed by atoms with van der Waals surface area (Å²) in [6.07, 6.45) is 2.15. The molecule has 1 aliphatic rings. The number of halogens is 1. The summed E-state index contributed by atoms with van der Waals surface area (Å²) in [5, 5.41) is 6.17. The van der Waals surface area contributed by atoms with Gasteiger partial charge in [0.2, 0.25) is 0 Å². The van der Waals surface area contributed by atoms with Crippen LogP contribution in [0.15, 0.2) is 34.4 Å². The van der Waals surface area contributed by atoms with Crippen molar-refractivity contribution in [2.45, 2.75) is 25.4 Å². The van der Waals surface area contributed by atoms with Gasteiger partial charge >= 0.3 is 0 Å². The quantitative estimate of drug-likeness (QED) is 0.585. The molecule has 1 amide bonds. The number of nitrogens with one attached hydrogen (secondary N) is 3. The number of thiophene rings is 1. The molecule has 140 valence electrons. The van der Waals surface area contributed by atoms with Crippen molar-refractivity contribution in [2.24, 2.45) is 0 Å². The van der Waals surface area contributed by atoms with Crippen molar-refractivity contribution < 1.29 is 9.69 Å².